The number of hydrogen-bond acceptors (Lipinski definition) is 4. The fourth-order valence-corrected chi connectivity index (χ4v) is 3.38. The number of ether oxygens (including phenoxy) is 2. The summed E-state index contributed by atoms with van der Waals surface area (Å²) >= 11 is 0. The molecule has 26 heavy (non-hydrogen) atoms. The molecule has 132 valence electrons. The Morgan fingerprint density at radius 1 is 0.885 bits per heavy atom. The lowest BCUT2D eigenvalue weighted by Gasteiger charge is -2.23. The number of fused-ring (bicyclic) bond motifs is 1. The van der Waals surface area contributed by atoms with Crippen molar-refractivity contribution < 1.29 is 14.3 Å². The summed E-state index contributed by atoms with van der Waals surface area (Å²) in [6, 6.07) is 20.6. The largest absolute Gasteiger partial charge is 0.493 e. The van der Waals surface area contributed by atoms with Gasteiger partial charge in [-0.15, -0.1) is 0 Å². The molecule has 1 heterocycles. The lowest BCUT2D eigenvalue weighted by molar-refractivity contribution is -0.00755. The van der Waals surface area contributed by atoms with Crippen molar-refractivity contribution in [2.24, 2.45) is 5.16 Å². The number of rotatable bonds is 4. The van der Waals surface area contributed by atoms with Gasteiger partial charge in [0.15, 0.2) is 17.1 Å². The van der Waals surface area contributed by atoms with Crippen LogP contribution in [0.3, 0.4) is 0 Å². The smallest absolute Gasteiger partial charge is 0.165 e. The number of benzene rings is 3. The summed E-state index contributed by atoms with van der Waals surface area (Å²) in [5.74, 6) is 1.39. The minimum absolute atomic E-state index is 0.527. The molecule has 3 aromatic carbocycles. The first kappa shape index (κ1) is 16.5. The predicted molar refractivity (Wildman–Crippen MR) is 103 cm³/mol. The van der Waals surface area contributed by atoms with Gasteiger partial charge in [-0.25, -0.2) is 0 Å². The Bertz CT molecular complexity index is 996. The van der Waals surface area contributed by atoms with Gasteiger partial charge >= 0.3 is 0 Å². The van der Waals surface area contributed by atoms with Crippen molar-refractivity contribution in [1.29, 1.82) is 0 Å². The van der Waals surface area contributed by atoms with Crippen molar-refractivity contribution in [3.05, 3.63) is 71.8 Å². The van der Waals surface area contributed by atoms with Crippen LogP contribution in [0.15, 0.2) is 65.8 Å². The van der Waals surface area contributed by atoms with Gasteiger partial charge in [0.05, 0.1) is 19.9 Å². The number of nitrogens with zero attached hydrogens (tertiary/aromatic N) is 1. The molecule has 4 rings (SSSR count). The Hall–Kier alpha value is -3.01. The first-order valence-electron chi connectivity index (χ1n) is 8.60. The molecule has 4 nitrogen and oxygen atoms in total. The van der Waals surface area contributed by atoms with Gasteiger partial charge in [-0.3, -0.25) is 0 Å². The van der Waals surface area contributed by atoms with E-state index in [1.807, 2.05) is 37.3 Å². The summed E-state index contributed by atoms with van der Waals surface area (Å²) in [7, 11) is 3.27. The van der Waals surface area contributed by atoms with E-state index in [4.69, 9.17) is 14.3 Å². The highest BCUT2D eigenvalue weighted by Crippen LogP contribution is 2.40. The first-order chi connectivity index (χ1) is 12.6. The van der Waals surface area contributed by atoms with Crippen molar-refractivity contribution in [1.82, 2.24) is 0 Å². The third-order valence-electron chi connectivity index (χ3n) is 4.94. The molecule has 0 fully saturated rings. The van der Waals surface area contributed by atoms with E-state index in [2.05, 4.69) is 35.5 Å². The number of oxime groups is 1. The molecule has 0 saturated heterocycles. The van der Waals surface area contributed by atoms with E-state index in [0.717, 1.165) is 16.8 Å². The standard InChI is InChI=1S/C22H21NO3/c1-22(18-10-11-20(24-2)21(13-18)25-3)14-19(23-26-22)17-9-8-15-6-4-5-7-16(15)12-17/h4-13H,14H2,1-3H3. The second-order valence-corrected chi connectivity index (χ2v) is 6.67. The monoisotopic (exact) mass is 347 g/mol. The fraction of sp³-hybridized carbons (Fsp3) is 0.227. The Labute approximate surface area is 153 Å². The Morgan fingerprint density at radius 3 is 2.42 bits per heavy atom. The van der Waals surface area contributed by atoms with Crippen LogP contribution in [-0.4, -0.2) is 19.9 Å². The van der Waals surface area contributed by atoms with Gasteiger partial charge in [0.1, 0.15) is 0 Å². The van der Waals surface area contributed by atoms with Crippen LogP contribution < -0.4 is 9.47 Å². The molecular formula is C22H21NO3. The average molecular weight is 347 g/mol. The molecule has 0 aromatic heterocycles. The molecule has 0 N–H and O–H groups in total. The minimum atomic E-state index is -0.527. The van der Waals surface area contributed by atoms with Crippen LogP contribution in [0.1, 0.15) is 24.5 Å². The molecule has 4 heteroatoms. The molecule has 1 aliphatic heterocycles. The van der Waals surface area contributed by atoms with Gasteiger partial charge in [0.2, 0.25) is 0 Å². The average Bonchev–Trinajstić information content (AvgIpc) is 3.10. The zero-order valence-corrected chi connectivity index (χ0v) is 15.2. The van der Waals surface area contributed by atoms with Crippen molar-refractivity contribution >= 4 is 16.5 Å². The van der Waals surface area contributed by atoms with Gasteiger partial charge in [0, 0.05) is 17.5 Å². The molecule has 1 unspecified atom stereocenters. The van der Waals surface area contributed by atoms with E-state index in [1.165, 1.54) is 10.8 Å². The van der Waals surface area contributed by atoms with Crippen LogP contribution in [-0.2, 0) is 10.4 Å². The van der Waals surface area contributed by atoms with Crippen molar-refractivity contribution in [3.8, 4) is 11.5 Å². The zero-order chi connectivity index (χ0) is 18.1. The molecule has 0 spiro atoms. The Morgan fingerprint density at radius 2 is 1.65 bits per heavy atom. The van der Waals surface area contributed by atoms with E-state index >= 15 is 0 Å². The van der Waals surface area contributed by atoms with E-state index in [9.17, 15) is 0 Å². The molecule has 1 aliphatic rings. The Kier molecular flexibility index (Phi) is 4.03. The van der Waals surface area contributed by atoms with E-state index in [1.54, 1.807) is 14.2 Å². The van der Waals surface area contributed by atoms with Gasteiger partial charge in [-0.05, 0) is 35.9 Å². The summed E-state index contributed by atoms with van der Waals surface area (Å²) in [5.41, 5.74) is 2.52. The minimum Gasteiger partial charge on any atom is -0.493 e. The van der Waals surface area contributed by atoms with E-state index in [-0.39, 0.29) is 0 Å². The van der Waals surface area contributed by atoms with Crippen LogP contribution >= 0.6 is 0 Å². The van der Waals surface area contributed by atoms with Crippen molar-refractivity contribution in [2.75, 3.05) is 14.2 Å². The fourth-order valence-electron chi connectivity index (χ4n) is 3.38. The highest BCUT2D eigenvalue weighted by Gasteiger charge is 2.37. The molecule has 0 radical (unpaired) electrons. The maximum absolute atomic E-state index is 5.87. The third kappa shape index (κ3) is 2.77. The summed E-state index contributed by atoms with van der Waals surface area (Å²) in [6.45, 7) is 2.05. The van der Waals surface area contributed by atoms with Gasteiger partial charge in [-0.2, -0.15) is 0 Å². The molecule has 0 aliphatic carbocycles. The predicted octanol–water partition coefficient (Wildman–Crippen LogP) is 4.90. The quantitative estimate of drug-likeness (QED) is 0.674. The van der Waals surface area contributed by atoms with Gasteiger partial charge in [-0.1, -0.05) is 47.6 Å². The van der Waals surface area contributed by atoms with Crippen LogP contribution in [0.2, 0.25) is 0 Å². The van der Waals surface area contributed by atoms with E-state index < -0.39 is 5.60 Å². The molecule has 0 saturated carbocycles. The van der Waals surface area contributed by atoms with Crippen LogP contribution in [0.25, 0.3) is 10.8 Å². The summed E-state index contributed by atoms with van der Waals surface area (Å²) < 4.78 is 10.7. The van der Waals surface area contributed by atoms with Crippen LogP contribution in [0, 0.1) is 0 Å². The summed E-state index contributed by atoms with van der Waals surface area (Å²) in [4.78, 5) is 5.87. The van der Waals surface area contributed by atoms with E-state index in [0.29, 0.717) is 17.9 Å². The lowest BCUT2D eigenvalue weighted by Crippen LogP contribution is -2.22. The number of hydrogen-bond donors (Lipinski definition) is 0. The molecule has 3 aromatic rings. The lowest BCUT2D eigenvalue weighted by atomic mass is 9.88. The second-order valence-electron chi connectivity index (χ2n) is 6.67. The topological polar surface area (TPSA) is 40.0 Å². The highest BCUT2D eigenvalue weighted by atomic mass is 16.7. The zero-order valence-electron chi connectivity index (χ0n) is 15.2. The number of methoxy groups -OCH3 is 2. The van der Waals surface area contributed by atoms with Crippen LogP contribution in [0.5, 0.6) is 11.5 Å². The van der Waals surface area contributed by atoms with Crippen LogP contribution in [0.4, 0.5) is 0 Å². The molecular weight excluding hydrogens is 326 g/mol. The highest BCUT2D eigenvalue weighted by molar-refractivity contribution is 6.04. The second kappa shape index (κ2) is 6.37. The molecule has 0 amide bonds. The van der Waals surface area contributed by atoms with Crippen molar-refractivity contribution in [2.45, 2.75) is 18.9 Å². The summed E-state index contributed by atoms with van der Waals surface area (Å²) in [5, 5.41) is 6.81. The Balaban J connectivity index is 1.63. The van der Waals surface area contributed by atoms with Crippen molar-refractivity contribution in [3.63, 3.8) is 0 Å². The SMILES string of the molecule is COc1ccc(C2(C)CC(c3ccc4ccccc4c3)=NO2)cc1OC. The maximum atomic E-state index is 5.87. The molecule has 0 bridgehead atoms. The normalized spacial score (nSPS) is 19.1. The first-order valence-corrected chi connectivity index (χ1v) is 8.60. The molecule has 1 atom stereocenters. The van der Waals surface area contributed by atoms with Gasteiger partial charge < -0.3 is 14.3 Å². The van der Waals surface area contributed by atoms with Gasteiger partial charge in [0.25, 0.3) is 0 Å². The summed E-state index contributed by atoms with van der Waals surface area (Å²) in [6.07, 6.45) is 0.695. The maximum Gasteiger partial charge on any atom is 0.165 e. The third-order valence-corrected chi connectivity index (χ3v) is 4.94.